The highest BCUT2D eigenvalue weighted by atomic mass is 127. The van der Waals surface area contributed by atoms with Gasteiger partial charge in [-0.3, -0.25) is 9.89 Å². The number of hydrogen-bond donors (Lipinski definition) is 2. The Hall–Kier alpha value is -0.960. The average Bonchev–Trinajstić information content (AvgIpc) is 2.63. The lowest BCUT2D eigenvalue weighted by atomic mass is 10.1. The standard InChI is InChI=1S/C20H32F2N4.HI/c1-3-16-5-7-17(8-6-16)9-12-24-20(23-4-2)25-18-10-13-26(14-11-18)15-19(21)22;/h5-8,18-19H,3-4,9-15H2,1-2H3,(H2,23,24,25);1H. The van der Waals surface area contributed by atoms with Crippen molar-refractivity contribution in [3.63, 3.8) is 0 Å². The molecule has 1 aliphatic rings. The molecule has 4 nitrogen and oxygen atoms in total. The van der Waals surface area contributed by atoms with Crippen molar-refractivity contribution in [3.8, 4) is 0 Å². The van der Waals surface area contributed by atoms with Gasteiger partial charge in [0.05, 0.1) is 6.54 Å². The Labute approximate surface area is 179 Å². The molecule has 27 heavy (non-hydrogen) atoms. The van der Waals surface area contributed by atoms with E-state index >= 15 is 0 Å². The summed E-state index contributed by atoms with van der Waals surface area (Å²) in [4.78, 5) is 6.51. The maximum Gasteiger partial charge on any atom is 0.251 e. The van der Waals surface area contributed by atoms with Gasteiger partial charge in [-0.1, -0.05) is 31.2 Å². The number of hydrogen-bond acceptors (Lipinski definition) is 2. The van der Waals surface area contributed by atoms with Gasteiger partial charge in [0.15, 0.2) is 5.96 Å². The third-order valence-corrected chi connectivity index (χ3v) is 4.77. The summed E-state index contributed by atoms with van der Waals surface area (Å²) >= 11 is 0. The van der Waals surface area contributed by atoms with Gasteiger partial charge in [0.2, 0.25) is 0 Å². The minimum Gasteiger partial charge on any atom is -0.357 e. The molecule has 0 unspecified atom stereocenters. The highest BCUT2D eigenvalue weighted by Crippen LogP contribution is 2.12. The molecule has 0 aliphatic carbocycles. The lowest BCUT2D eigenvalue weighted by Gasteiger charge is -2.32. The Bertz CT molecular complexity index is 543. The largest absolute Gasteiger partial charge is 0.357 e. The highest BCUT2D eigenvalue weighted by Gasteiger charge is 2.21. The molecule has 0 atom stereocenters. The number of nitrogens with one attached hydrogen (secondary N) is 2. The van der Waals surface area contributed by atoms with Crippen molar-refractivity contribution in [2.24, 2.45) is 4.99 Å². The van der Waals surface area contributed by atoms with E-state index in [0.29, 0.717) is 19.1 Å². The van der Waals surface area contributed by atoms with Crippen LogP contribution in [0.25, 0.3) is 0 Å². The topological polar surface area (TPSA) is 39.7 Å². The van der Waals surface area contributed by atoms with Gasteiger partial charge < -0.3 is 10.6 Å². The molecule has 1 fully saturated rings. The van der Waals surface area contributed by atoms with Gasteiger partial charge in [0, 0.05) is 32.2 Å². The van der Waals surface area contributed by atoms with Crippen molar-refractivity contribution in [1.29, 1.82) is 0 Å². The molecule has 1 heterocycles. The second-order valence-electron chi connectivity index (χ2n) is 6.79. The number of alkyl halides is 2. The van der Waals surface area contributed by atoms with Crippen molar-refractivity contribution >= 4 is 29.9 Å². The smallest absolute Gasteiger partial charge is 0.251 e. The van der Waals surface area contributed by atoms with Crippen LogP contribution in [0.2, 0.25) is 0 Å². The van der Waals surface area contributed by atoms with Gasteiger partial charge in [-0.2, -0.15) is 0 Å². The van der Waals surface area contributed by atoms with Gasteiger partial charge >= 0.3 is 0 Å². The molecule has 2 N–H and O–H groups in total. The van der Waals surface area contributed by atoms with E-state index in [1.807, 2.05) is 11.8 Å². The molecule has 154 valence electrons. The van der Waals surface area contributed by atoms with E-state index in [-0.39, 0.29) is 30.5 Å². The van der Waals surface area contributed by atoms with Crippen LogP contribution in [-0.2, 0) is 12.8 Å². The molecule has 0 aromatic heterocycles. The molecular formula is C20H33F2IN4. The molecule has 0 radical (unpaired) electrons. The van der Waals surface area contributed by atoms with E-state index in [4.69, 9.17) is 0 Å². The number of nitrogens with zero attached hydrogens (tertiary/aromatic N) is 2. The molecule has 1 aromatic rings. The molecule has 0 bridgehead atoms. The molecule has 0 spiro atoms. The Morgan fingerprint density at radius 2 is 1.78 bits per heavy atom. The third kappa shape index (κ3) is 9.19. The summed E-state index contributed by atoms with van der Waals surface area (Å²) in [7, 11) is 0. The molecule has 1 aliphatic heterocycles. The van der Waals surface area contributed by atoms with Crippen LogP contribution in [0.3, 0.4) is 0 Å². The van der Waals surface area contributed by atoms with Crippen molar-refractivity contribution in [2.45, 2.75) is 52.0 Å². The third-order valence-electron chi connectivity index (χ3n) is 4.77. The zero-order valence-electron chi connectivity index (χ0n) is 16.4. The van der Waals surface area contributed by atoms with Gasteiger partial charge in [-0.15, -0.1) is 24.0 Å². The number of guanidine groups is 1. The van der Waals surface area contributed by atoms with Crippen molar-refractivity contribution in [2.75, 3.05) is 32.7 Å². The highest BCUT2D eigenvalue weighted by molar-refractivity contribution is 14.0. The second-order valence-corrected chi connectivity index (χ2v) is 6.79. The number of likely N-dealkylation sites (tertiary alicyclic amines) is 1. The van der Waals surface area contributed by atoms with Crippen molar-refractivity contribution < 1.29 is 8.78 Å². The van der Waals surface area contributed by atoms with Crippen molar-refractivity contribution in [1.82, 2.24) is 15.5 Å². The molecule has 1 aromatic carbocycles. The zero-order valence-corrected chi connectivity index (χ0v) is 18.7. The van der Waals surface area contributed by atoms with Gasteiger partial charge in [0.25, 0.3) is 6.43 Å². The predicted octanol–water partition coefficient (Wildman–Crippen LogP) is 3.69. The monoisotopic (exact) mass is 494 g/mol. The minimum absolute atomic E-state index is 0. The summed E-state index contributed by atoms with van der Waals surface area (Å²) in [5, 5.41) is 6.74. The van der Waals surface area contributed by atoms with Crippen molar-refractivity contribution in [3.05, 3.63) is 35.4 Å². The van der Waals surface area contributed by atoms with Crippen LogP contribution < -0.4 is 10.6 Å². The average molecular weight is 494 g/mol. The Balaban J connectivity index is 0.00000364. The lowest BCUT2D eigenvalue weighted by molar-refractivity contribution is 0.0744. The van der Waals surface area contributed by atoms with Gasteiger partial charge in [-0.05, 0) is 43.7 Å². The number of rotatable bonds is 8. The Morgan fingerprint density at radius 3 is 2.33 bits per heavy atom. The van der Waals surface area contributed by atoms with Crippen LogP contribution >= 0.6 is 24.0 Å². The first-order chi connectivity index (χ1) is 12.6. The maximum atomic E-state index is 12.5. The van der Waals surface area contributed by atoms with Gasteiger partial charge in [-0.25, -0.2) is 8.78 Å². The summed E-state index contributed by atoms with van der Waals surface area (Å²) in [6, 6.07) is 9.00. The number of aryl methyl sites for hydroxylation is 1. The van der Waals surface area contributed by atoms with Gasteiger partial charge in [0.1, 0.15) is 0 Å². The van der Waals surface area contributed by atoms with E-state index in [9.17, 15) is 8.78 Å². The fraction of sp³-hybridized carbons (Fsp3) is 0.650. The summed E-state index contributed by atoms with van der Waals surface area (Å²) in [6.45, 7) is 7.05. The van der Waals surface area contributed by atoms with Crippen LogP contribution in [0.4, 0.5) is 8.78 Å². The minimum atomic E-state index is -2.25. The summed E-state index contributed by atoms with van der Waals surface area (Å²) < 4.78 is 24.9. The SMILES string of the molecule is CCNC(=NCCc1ccc(CC)cc1)NC1CCN(CC(F)F)CC1.I. The van der Waals surface area contributed by atoms with E-state index < -0.39 is 6.43 Å². The number of halogens is 3. The second kappa shape index (κ2) is 13.3. The summed E-state index contributed by atoms with van der Waals surface area (Å²) in [6.07, 6.45) is 1.46. The fourth-order valence-corrected chi connectivity index (χ4v) is 3.21. The van der Waals surface area contributed by atoms with E-state index in [2.05, 4.69) is 46.8 Å². The summed E-state index contributed by atoms with van der Waals surface area (Å²) in [5.41, 5.74) is 2.65. The van der Waals surface area contributed by atoms with Crippen LogP contribution in [0, 0.1) is 0 Å². The fourth-order valence-electron chi connectivity index (χ4n) is 3.21. The molecule has 2 rings (SSSR count). The Morgan fingerprint density at radius 1 is 1.15 bits per heavy atom. The quantitative estimate of drug-likeness (QED) is 0.329. The first kappa shape index (κ1) is 24.1. The molecule has 0 saturated carbocycles. The number of benzene rings is 1. The first-order valence-corrected chi connectivity index (χ1v) is 9.73. The van der Waals surface area contributed by atoms with Crippen LogP contribution in [0.1, 0.15) is 37.8 Å². The first-order valence-electron chi connectivity index (χ1n) is 9.73. The molecule has 0 amide bonds. The summed E-state index contributed by atoms with van der Waals surface area (Å²) in [5.74, 6) is 0.824. The predicted molar refractivity (Wildman–Crippen MR) is 120 cm³/mol. The normalized spacial score (nSPS) is 16.3. The van der Waals surface area contributed by atoms with Crippen LogP contribution in [0.5, 0.6) is 0 Å². The number of piperidine rings is 1. The number of aliphatic imine (C=N–C) groups is 1. The lowest BCUT2D eigenvalue weighted by Crippen LogP contribution is -2.49. The molecule has 7 heteroatoms. The Kier molecular flexibility index (Phi) is 11.8. The van der Waals surface area contributed by atoms with E-state index in [1.54, 1.807) is 0 Å². The maximum absolute atomic E-state index is 12.5. The molecule has 1 saturated heterocycles. The van der Waals surface area contributed by atoms with E-state index in [0.717, 1.165) is 44.7 Å². The van der Waals surface area contributed by atoms with Crippen LogP contribution in [-0.4, -0.2) is 56.1 Å². The molecular weight excluding hydrogens is 461 g/mol. The van der Waals surface area contributed by atoms with Crippen LogP contribution in [0.15, 0.2) is 29.3 Å². The zero-order chi connectivity index (χ0) is 18.8. The van der Waals surface area contributed by atoms with E-state index in [1.165, 1.54) is 11.1 Å².